The summed E-state index contributed by atoms with van der Waals surface area (Å²) in [4.78, 5) is 10.5. The van der Waals surface area contributed by atoms with Gasteiger partial charge in [-0.05, 0) is 25.1 Å². The van der Waals surface area contributed by atoms with Crippen LogP contribution in [0, 0.1) is 0 Å². The van der Waals surface area contributed by atoms with Crippen LogP contribution >= 0.6 is 0 Å². The normalized spacial score (nSPS) is 11.1. The second-order valence-electron chi connectivity index (χ2n) is 3.93. The number of halogens is 3. The Kier molecular flexibility index (Phi) is 4.53. The lowest BCUT2D eigenvalue weighted by Crippen LogP contribution is -2.10. The van der Waals surface area contributed by atoms with E-state index in [2.05, 4.69) is 6.58 Å². The maximum Gasteiger partial charge on any atom is 0.419 e. The standard InChI is InChI=1S/C13H13F3O2/c1-9(2)5-6-18-12-4-3-10(8-17)7-11(12)13(14,15)16/h3-4,7-8H,1,5-6H2,2H3. The van der Waals surface area contributed by atoms with Crippen LogP contribution in [0.25, 0.3) is 0 Å². The molecule has 98 valence electrons. The molecule has 0 atom stereocenters. The van der Waals surface area contributed by atoms with E-state index in [1.54, 1.807) is 6.92 Å². The summed E-state index contributed by atoms with van der Waals surface area (Å²) < 4.78 is 43.3. The second-order valence-corrected chi connectivity index (χ2v) is 3.93. The van der Waals surface area contributed by atoms with Gasteiger partial charge in [0.25, 0.3) is 0 Å². The van der Waals surface area contributed by atoms with Crippen LogP contribution in [0.15, 0.2) is 30.4 Å². The second kappa shape index (κ2) is 5.71. The van der Waals surface area contributed by atoms with E-state index in [0.717, 1.165) is 17.7 Å². The first kappa shape index (κ1) is 14.3. The van der Waals surface area contributed by atoms with Crippen LogP contribution in [0.1, 0.15) is 29.3 Å². The summed E-state index contributed by atoms with van der Waals surface area (Å²) in [5, 5.41) is 0. The zero-order chi connectivity index (χ0) is 13.8. The fourth-order valence-electron chi connectivity index (χ4n) is 1.30. The van der Waals surface area contributed by atoms with Gasteiger partial charge in [0.05, 0.1) is 12.2 Å². The number of rotatable bonds is 5. The minimum Gasteiger partial charge on any atom is -0.493 e. The molecular weight excluding hydrogens is 245 g/mol. The van der Waals surface area contributed by atoms with Gasteiger partial charge in [-0.25, -0.2) is 0 Å². The molecule has 0 N–H and O–H groups in total. The Balaban J connectivity index is 2.96. The SMILES string of the molecule is C=C(C)CCOc1ccc(C=O)cc1C(F)(F)F. The molecule has 0 radical (unpaired) electrons. The Morgan fingerprint density at radius 2 is 2.11 bits per heavy atom. The van der Waals surface area contributed by atoms with Gasteiger partial charge in [0.1, 0.15) is 12.0 Å². The molecule has 1 rings (SSSR count). The van der Waals surface area contributed by atoms with Crippen LogP contribution in [0.5, 0.6) is 5.75 Å². The van der Waals surface area contributed by atoms with Gasteiger partial charge >= 0.3 is 6.18 Å². The fourth-order valence-corrected chi connectivity index (χ4v) is 1.30. The summed E-state index contributed by atoms with van der Waals surface area (Å²) in [5.74, 6) is -0.269. The lowest BCUT2D eigenvalue weighted by molar-refractivity contribution is -0.138. The summed E-state index contributed by atoms with van der Waals surface area (Å²) in [5.41, 5.74) is -0.142. The number of carbonyl (C=O) groups excluding carboxylic acids is 1. The average Bonchev–Trinajstić information content (AvgIpc) is 2.27. The van der Waals surface area contributed by atoms with E-state index in [-0.39, 0.29) is 17.9 Å². The van der Waals surface area contributed by atoms with E-state index in [1.807, 2.05) is 0 Å². The van der Waals surface area contributed by atoms with Crippen molar-refractivity contribution in [1.82, 2.24) is 0 Å². The predicted molar refractivity (Wildman–Crippen MR) is 61.8 cm³/mol. The van der Waals surface area contributed by atoms with Gasteiger partial charge in [0.15, 0.2) is 0 Å². The van der Waals surface area contributed by atoms with E-state index >= 15 is 0 Å². The van der Waals surface area contributed by atoms with Crippen LogP contribution in [-0.2, 0) is 6.18 Å². The lowest BCUT2D eigenvalue weighted by Gasteiger charge is -2.14. The Labute approximate surface area is 103 Å². The quantitative estimate of drug-likeness (QED) is 0.592. The number of alkyl halides is 3. The third-order valence-corrected chi connectivity index (χ3v) is 2.23. The van der Waals surface area contributed by atoms with Crippen molar-refractivity contribution in [1.29, 1.82) is 0 Å². The molecule has 0 aliphatic heterocycles. The van der Waals surface area contributed by atoms with Gasteiger partial charge < -0.3 is 4.74 Å². The van der Waals surface area contributed by atoms with Gasteiger partial charge in [-0.15, -0.1) is 6.58 Å². The van der Waals surface area contributed by atoms with Crippen molar-refractivity contribution in [3.05, 3.63) is 41.5 Å². The molecule has 0 fully saturated rings. The van der Waals surface area contributed by atoms with Crippen molar-refractivity contribution in [3.8, 4) is 5.75 Å². The monoisotopic (exact) mass is 258 g/mol. The molecule has 0 aliphatic carbocycles. The maximum atomic E-state index is 12.7. The van der Waals surface area contributed by atoms with Crippen molar-refractivity contribution in [2.45, 2.75) is 19.5 Å². The third kappa shape index (κ3) is 3.91. The summed E-state index contributed by atoms with van der Waals surface area (Å²) in [6.07, 6.45) is -3.70. The summed E-state index contributed by atoms with van der Waals surface area (Å²) >= 11 is 0. The molecule has 0 unspecified atom stereocenters. The zero-order valence-electron chi connectivity index (χ0n) is 9.88. The summed E-state index contributed by atoms with van der Waals surface area (Å²) in [6.45, 7) is 5.53. The zero-order valence-corrected chi connectivity index (χ0v) is 9.88. The molecular formula is C13H13F3O2. The van der Waals surface area contributed by atoms with Crippen molar-refractivity contribution in [2.75, 3.05) is 6.61 Å². The molecule has 5 heteroatoms. The molecule has 1 aromatic carbocycles. The van der Waals surface area contributed by atoms with Crippen molar-refractivity contribution in [2.24, 2.45) is 0 Å². The number of aldehydes is 1. The minimum atomic E-state index is -4.54. The highest BCUT2D eigenvalue weighted by Crippen LogP contribution is 2.36. The summed E-state index contributed by atoms with van der Waals surface area (Å²) in [7, 11) is 0. The molecule has 0 aromatic heterocycles. The Morgan fingerprint density at radius 1 is 1.44 bits per heavy atom. The van der Waals surface area contributed by atoms with E-state index in [4.69, 9.17) is 4.74 Å². The highest BCUT2D eigenvalue weighted by atomic mass is 19.4. The highest BCUT2D eigenvalue weighted by Gasteiger charge is 2.34. The first-order chi connectivity index (χ1) is 8.34. The molecule has 0 saturated carbocycles. The van der Waals surface area contributed by atoms with Crippen LogP contribution in [0.4, 0.5) is 13.2 Å². The first-order valence-corrected chi connectivity index (χ1v) is 5.28. The molecule has 0 bridgehead atoms. The number of carbonyl (C=O) groups is 1. The van der Waals surface area contributed by atoms with Crippen LogP contribution in [0.3, 0.4) is 0 Å². The van der Waals surface area contributed by atoms with Gasteiger partial charge in [-0.1, -0.05) is 5.57 Å². The molecule has 0 spiro atoms. The molecule has 1 aromatic rings. The van der Waals surface area contributed by atoms with Crippen LogP contribution in [0.2, 0.25) is 0 Å². The largest absolute Gasteiger partial charge is 0.493 e. The number of ether oxygens (including phenoxy) is 1. The average molecular weight is 258 g/mol. The Hall–Kier alpha value is -1.78. The molecule has 0 heterocycles. The van der Waals surface area contributed by atoms with Crippen LogP contribution < -0.4 is 4.74 Å². The topological polar surface area (TPSA) is 26.3 Å². The van der Waals surface area contributed by atoms with E-state index in [0.29, 0.717) is 12.7 Å². The molecule has 0 saturated heterocycles. The van der Waals surface area contributed by atoms with Crippen molar-refractivity contribution in [3.63, 3.8) is 0 Å². The van der Waals surface area contributed by atoms with E-state index in [1.165, 1.54) is 6.07 Å². The van der Waals surface area contributed by atoms with E-state index < -0.39 is 11.7 Å². The van der Waals surface area contributed by atoms with E-state index in [9.17, 15) is 18.0 Å². The molecule has 2 nitrogen and oxygen atoms in total. The third-order valence-electron chi connectivity index (χ3n) is 2.23. The molecule has 0 aliphatic rings. The lowest BCUT2D eigenvalue weighted by atomic mass is 10.1. The Bertz CT molecular complexity index is 450. The Morgan fingerprint density at radius 3 is 2.61 bits per heavy atom. The first-order valence-electron chi connectivity index (χ1n) is 5.28. The van der Waals surface area contributed by atoms with Crippen LogP contribution in [-0.4, -0.2) is 12.9 Å². The molecule has 0 amide bonds. The number of hydrogen-bond acceptors (Lipinski definition) is 2. The van der Waals surface area contributed by atoms with Gasteiger partial charge in [-0.2, -0.15) is 13.2 Å². The fraction of sp³-hybridized carbons (Fsp3) is 0.308. The summed E-state index contributed by atoms with van der Waals surface area (Å²) in [6, 6.07) is 3.23. The minimum absolute atomic E-state index is 0.0328. The van der Waals surface area contributed by atoms with Crippen molar-refractivity contribution >= 4 is 6.29 Å². The predicted octanol–water partition coefficient (Wildman–Crippen LogP) is 3.86. The van der Waals surface area contributed by atoms with Crippen molar-refractivity contribution < 1.29 is 22.7 Å². The maximum absolute atomic E-state index is 12.7. The van der Waals surface area contributed by atoms with Gasteiger partial charge in [0.2, 0.25) is 0 Å². The highest BCUT2D eigenvalue weighted by molar-refractivity contribution is 5.75. The molecule has 18 heavy (non-hydrogen) atoms. The van der Waals surface area contributed by atoms with Gasteiger partial charge in [0, 0.05) is 12.0 Å². The van der Waals surface area contributed by atoms with Gasteiger partial charge in [-0.3, -0.25) is 4.79 Å². The number of hydrogen-bond donors (Lipinski definition) is 0. The smallest absolute Gasteiger partial charge is 0.419 e. The number of benzene rings is 1.